The number of terminal acetylenes is 1. The van der Waals surface area contributed by atoms with Crippen LogP contribution in [0.1, 0.15) is 29.9 Å². The van der Waals surface area contributed by atoms with Gasteiger partial charge in [0.05, 0.1) is 0 Å². The second-order valence-electron chi connectivity index (χ2n) is 4.03. The molecule has 0 saturated heterocycles. The SMILES string of the molecule is C#CCCC(NN)C1Cc2ccccc21. The van der Waals surface area contributed by atoms with E-state index in [0.717, 1.165) is 19.3 Å². The van der Waals surface area contributed by atoms with Crippen LogP contribution in [-0.2, 0) is 6.42 Å². The molecule has 0 heterocycles. The van der Waals surface area contributed by atoms with E-state index in [-0.39, 0.29) is 0 Å². The molecule has 0 aromatic heterocycles. The van der Waals surface area contributed by atoms with Gasteiger partial charge in [-0.2, -0.15) is 0 Å². The summed E-state index contributed by atoms with van der Waals surface area (Å²) < 4.78 is 0. The van der Waals surface area contributed by atoms with E-state index >= 15 is 0 Å². The molecule has 1 aliphatic carbocycles. The Hall–Kier alpha value is -1.30. The van der Waals surface area contributed by atoms with Gasteiger partial charge in [-0.3, -0.25) is 11.3 Å². The Labute approximate surface area is 90.8 Å². The summed E-state index contributed by atoms with van der Waals surface area (Å²) in [5, 5.41) is 0. The van der Waals surface area contributed by atoms with Crippen molar-refractivity contribution in [1.29, 1.82) is 0 Å². The molecule has 2 nitrogen and oxygen atoms in total. The highest BCUT2D eigenvalue weighted by Gasteiger charge is 2.31. The van der Waals surface area contributed by atoms with Crippen molar-refractivity contribution in [2.24, 2.45) is 5.84 Å². The molecule has 0 saturated carbocycles. The zero-order valence-corrected chi connectivity index (χ0v) is 8.74. The van der Waals surface area contributed by atoms with Gasteiger partial charge in [-0.25, -0.2) is 0 Å². The molecule has 0 fully saturated rings. The average Bonchev–Trinajstić information content (AvgIpc) is 2.24. The summed E-state index contributed by atoms with van der Waals surface area (Å²) in [5.74, 6) is 8.77. The number of nitrogens with two attached hydrogens (primary N) is 1. The summed E-state index contributed by atoms with van der Waals surface area (Å²) in [7, 11) is 0. The maximum Gasteiger partial charge on any atom is 0.0291 e. The van der Waals surface area contributed by atoms with E-state index in [4.69, 9.17) is 12.3 Å². The predicted molar refractivity (Wildman–Crippen MR) is 62.1 cm³/mol. The Kier molecular flexibility index (Phi) is 3.05. The predicted octanol–water partition coefficient (Wildman–Crippen LogP) is 1.57. The Balaban J connectivity index is 2.05. The zero-order chi connectivity index (χ0) is 10.7. The van der Waals surface area contributed by atoms with Crippen LogP contribution in [0.4, 0.5) is 0 Å². The maximum absolute atomic E-state index is 5.56. The highest BCUT2D eigenvalue weighted by molar-refractivity contribution is 5.41. The summed E-state index contributed by atoms with van der Waals surface area (Å²) in [6, 6.07) is 8.85. The number of benzene rings is 1. The second-order valence-corrected chi connectivity index (χ2v) is 4.03. The van der Waals surface area contributed by atoms with E-state index < -0.39 is 0 Å². The van der Waals surface area contributed by atoms with Gasteiger partial charge in [0.15, 0.2) is 0 Å². The molecular formula is C13H16N2. The third-order valence-electron chi connectivity index (χ3n) is 3.19. The topological polar surface area (TPSA) is 38.0 Å². The van der Waals surface area contributed by atoms with Crippen LogP contribution in [-0.4, -0.2) is 6.04 Å². The Morgan fingerprint density at radius 3 is 3.00 bits per heavy atom. The molecule has 0 bridgehead atoms. The first-order valence-electron chi connectivity index (χ1n) is 5.34. The number of rotatable bonds is 4. The molecule has 0 radical (unpaired) electrons. The molecule has 2 rings (SSSR count). The smallest absolute Gasteiger partial charge is 0.0291 e. The summed E-state index contributed by atoms with van der Waals surface area (Å²) in [6.45, 7) is 0. The van der Waals surface area contributed by atoms with Crippen LogP contribution >= 0.6 is 0 Å². The van der Waals surface area contributed by atoms with Crippen LogP contribution < -0.4 is 11.3 Å². The largest absolute Gasteiger partial charge is 0.271 e. The molecular weight excluding hydrogens is 184 g/mol. The van der Waals surface area contributed by atoms with Crippen molar-refractivity contribution in [2.75, 3.05) is 0 Å². The summed E-state index contributed by atoms with van der Waals surface area (Å²) >= 11 is 0. The van der Waals surface area contributed by atoms with Crippen molar-refractivity contribution >= 4 is 0 Å². The molecule has 78 valence electrons. The van der Waals surface area contributed by atoms with Gasteiger partial charge in [0.25, 0.3) is 0 Å². The zero-order valence-electron chi connectivity index (χ0n) is 8.74. The Morgan fingerprint density at radius 2 is 2.33 bits per heavy atom. The summed E-state index contributed by atoms with van der Waals surface area (Å²) in [6.07, 6.45) is 8.12. The lowest BCUT2D eigenvalue weighted by Gasteiger charge is -2.36. The lowest BCUT2D eigenvalue weighted by Crippen LogP contribution is -2.43. The van der Waals surface area contributed by atoms with Crippen LogP contribution in [0.3, 0.4) is 0 Å². The van der Waals surface area contributed by atoms with Gasteiger partial charge < -0.3 is 0 Å². The number of fused-ring (bicyclic) bond motifs is 1. The highest BCUT2D eigenvalue weighted by Crippen LogP contribution is 2.38. The van der Waals surface area contributed by atoms with Crippen LogP contribution in [0.5, 0.6) is 0 Å². The lowest BCUT2D eigenvalue weighted by molar-refractivity contribution is 0.389. The second kappa shape index (κ2) is 4.48. The molecule has 15 heavy (non-hydrogen) atoms. The number of hydrogen-bond donors (Lipinski definition) is 2. The fourth-order valence-corrected chi connectivity index (χ4v) is 2.30. The molecule has 1 aromatic rings. The molecule has 2 unspecified atom stereocenters. The van der Waals surface area contributed by atoms with Crippen LogP contribution in [0, 0.1) is 12.3 Å². The molecule has 1 aromatic carbocycles. The first-order valence-corrected chi connectivity index (χ1v) is 5.34. The minimum Gasteiger partial charge on any atom is -0.271 e. The van der Waals surface area contributed by atoms with Crippen molar-refractivity contribution in [3.8, 4) is 12.3 Å². The van der Waals surface area contributed by atoms with E-state index in [2.05, 4.69) is 35.6 Å². The molecule has 3 N–H and O–H groups in total. The van der Waals surface area contributed by atoms with Crippen molar-refractivity contribution < 1.29 is 0 Å². The van der Waals surface area contributed by atoms with Gasteiger partial charge in [0.2, 0.25) is 0 Å². The third kappa shape index (κ3) is 1.90. The van der Waals surface area contributed by atoms with Gasteiger partial charge in [-0.05, 0) is 24.0 Å². The van der Waals surface area contributed by atoms with Crippen LogP contribution in [0.15, 0.2) is 24.3 Å². The Morgan fingerprint density at radius 1 is 1.53 bits per heavy atom. The van der Waals surface area contributed by atoms with E-state index in [1.165, 1.54) is 11.1 Å². The monoisotopic (exact) mass is 200 g/mol. The minimum atomic E-state index is 0.316. The quantitative estimate of drug-likeness (QED) is 0.440. The summed E-state index contributed by atoms with van der Waals surface area (Å²) in [4.78, 5) is 0. The van der Waals surface area contributed by atoms with Gasteiger partial charge in [0, 0.05) is 18.4 Å². The normalized spacial score (nSPS) is 19.9. The van der Waals surface area contributed by atoms with Gasteiger partial charge >= 0.3 is 0 Å². The first-order chi connectivity index (χ1) is 7.36. The van der Waals surface area contributed by atoms with Gasteiger partial charge in [0.1, 0.15) is 0 Å². The maximum atomic E-state index is 5.56. The van der Waals surface area contributed by atoms with E-state index in [1.54, 1.807) is 0 Å². The Bertz CT molecular complexity index is 378. The van der Waals surface area contributed by atoms with E-state index in [0.29, 0.717) is 12.0 Å². The summed E-state index contributed by atoms with van der Waals surface area (Å²) in [5.41, 5.74) is 5.76. The fraction of sp³-hybridized carbons (Fsp3) is 0.385. The van der Waals surface area contributed by atoms with Crippen LogP contribution in [0.2, 0.25) is 0 Å². The number of hydrazine groups is 1. The molecule has 0 spiro atoms. The highest BCUT2D eigenvalue weighted by atomic mass is 15.2. The van der Waals surface area contributed by atoms with Gasteiger partial charge in [-0.15, -0.1) is 12.3 Å². The molecule has 1 aliphatic rings. The number of hydrogen-bond acceptors (Lipinski definition) is 2. The van der Waals surface area contributed by atoms with Gasteiger partial charge in [-0.1, -0.05) is 24.3 Å². The molecule has 2 atom stereocenters. The van der Waals surface area contributed by atoms with Crippen molar-refractivity contribution in [2.45, 2.75) is 31.2 Å². The standard InChI is InChI=1S/C13H16N2/c1-2-3-8-13(15-14)12-9-10-6-4-5-7-11(10)12/h1,4-7,12-13,15H,3,8-9,14H2. The lowest BCUT2D eigenvalue weighted by atomic mass is 9.72. The van der Waals surface area contributed by atoms with E-state index in [1.807, 2.05) is 0 Å². The van der Waals surface area contributed by atoms with E-state index in [9.17, 15) is 0 Å². The molecule has 0 aliphatic heterocycles. The number of nitrogens with one attached hydrogen (secondary N) is 1. The van der Waals surface area contributed by atoms with Crippen molar-refractivity contribution in [3.05, 3.63) is 35.4 Å². The molecule has 2 heteroatoms. The minimum absolute atomic E-state index is 0.316. The average molecular weight is 200 g/mol. The van der Waals surface area contributed by atoms with Crippen molar-refractivity contribution in [1.82, 2.24) is 5.43 Å². The van der Waals surface area contributed by atoms with Crippen molar-refractivity contribution in [3.63, 3.8) is 0 Å². The van der Waals surface area contributed by atoms with Crippen LogP contribution in [0.25, 0.3) is 0 Å². The third-order valence-corrected chi connectivity index (χ3v) is 3.19. The molecule has 0 amide bonds. The fourth-order valence-electron chi connectivity index (χ4n) is 2.30. The first kappa shape index (κ1) is 10.2.